The summed E-state index contributed by atoms with van der Waals surface area (Å²) in [5.41, 5.74) is 0.870. The molecule has 26 heavy (non-hydrogen) atoms. The summed E-state index contributed by atoms with van der Waals surface area (Å²) in [6, 6.07) is 6.74. The molecule has 2 rings (SSSR count). The number of carbonyl (C=O) groups excluding carboxylic acids is 3. The smallest absolute Gasteiger partial charge is 0.409 e. The van der Waals surface area contributed by atoms with Gasteiger partial charge in [0.2, 0.25) is 5.91 Å². The molecular formula is C17H23ClN4O4. The molecule has 2 N–H and O–H groups in total. The quantitative estimate of drug-likeness (QED) is 0.806. The largest absolute Gasteiger partial charge is 0.450 e. The molecule has 142 valence electrons. The van der Waals surface area contributed by atoms with E-state index in [0.717, 1.165) is 5.56 Å². The van der Waals surface area contributed by atoms with Crippen molar-refractivity contribution in [1.29, 1.82) is 0 Å². The van der Waals surface area contributed by atoms with Crippen molar-refractivity contribution in [2.24, 2.45) is 0 Å². The molecule has 1 fully saturated rings. The molecule has 1 aromatic rings. The second-order valence-corrected chi connectivity index (χ2v) is 6.17. The van der Waals surface area contributed by atoms with Crippen LogP contribution in [0.2, 0.25) is 5.02 Å². The van der Waals surface area contributed by atoms with Gasteiger partial charge in [0, 0.05) is 37.7 Å². The van der Waals surface area contributed by atoms with Crippen molar-refractivity contribution in [3.63, 3.8) is 0 Å². The Bertz CT molecular complexity index is 647. The van der Waals surface area contributed by atoms with Gasteiger partial charge < -0.3 is 25.2 Å². The van der Waals surface area contributed by atoms with Gasteiger partial charge in [0.1, 0.15) is 0 Å². The molecule has 1 aliphatic rings. The van der Waals surface area contributed by atoms with E-state index in [1.54, 1.807) is 34.9 Å². The Labute approximate surface area is 157 Å². The first-order valence-electron chi connectivity index (χ1n) is 8.45. The highest BCUT2D eigenvalue weighted by Gasteiger charge is 2.24. The Morgan fingerprint density at radius 1 is 1.12 bits per heavy atom. The number of benzene rings is 1. The van der Waals surface area contributed by atoms with Crippen molar-refractivity contribution in [2.75, 3.05) is 39.3 Å². The number of hydrogen-bond acceptors (Lipinski definition) is 4. The van der Waals surface area contributed by atoms with Crippen molar-refractivity contribution >= 4 is 29.6 Å². The lowest BCUT2D eigenvalue weighted by Crippen LogP contribution is -2.53. The van der Waals surface area contributed by atoms with E-state index >= 15 is 0 Å². The molecule has 0 bridgehead atoms. The summed E-state index contributed by atoms with van der Waals surface area (Å²) in [5, 5.41) is 5.81. The Morgan fingerprint density at radius 2 is 1.81 bits per heavy atom. The second kappa shape index (κ2) is 9.86. The third-order valence-corrected chi connectivity index (χ3v) is 4.14. The number of piperazine rings is 1. The van der Waals surface area contributed by atoms with E-state index in [4.69, 9.17) is 16.3 Å². The monoisotopic (exact) mass is 382 g/mol. The first-order chi connectivity index (χ1) is 12.5. The highest BCUT2D eigenvalue weighted by Crippen LogP contribution is 2.10. The predicted octanol–water partition coefficient (Wildman–Crippen LogP) is 1.44. The summed E-state index contributed by atoms with van der Waals surface area (Å²) in [7, 11) is 0. The molecule has 0 aliphatic carbocycles. The molecule has 8 nitrogen and oxygen atoms in total. The molecule has 0 radical (unpaired) electrons. The molecule has 1 heterocycles. The number of nitrogens with one attached hydrogen (secondary N) is 2. The maximum Gasteiger partial charge on any atom is 0.409 e. The summed E-state index contributed by atoms with van der Waals surface area (Å²) in [4.78, 5) is 38.8. The zero-order valence-corrected chi connectivity index (χ0v) is 15.4. The van der Waals surface area contributed by atoms with Crippen LogP contribution >= 0.6 is 11.6 Å². The molecule has 1 aromatic carbocycles. The van der Waals surface area contributed by atoms with E-state index in [1.165, 1.54) is 0 Å². The Balaban J connectivity index is 1.67. The minimum absolute atomic E-state index is 0.0964. The van der Waals surface area contributed by atoms with Gasteiger partial charge in [-0.2, -0.15) is 0 Å². The number of nitrogens with zero attached hydrogens (tertiary/aromatic N) is 2. The standard InChI is InChI=1S/C17H23ClN4O4/c1-2-26-17(25)22-8-6-21(7-9-22)15(23)12-20-16(24)19-11-13-4-3-5-14(18)10-13/h3-5,10H,2,6-9,11-12H2,1H3,(H2,19,20,24). The van der Waals surface area contributed by atoms with E-state index in [2.05, 4.69) is 10.6 Å². The molecule has 4 amide bonds. The van der Waals surface area contributed by atoms with E-state index in [9.17, 15) is 14.4 Å². The number of amides is 4. The first-order valence-corrected chi connectivity index (χ1v) is 8.83. The van der Waals surface area contributed by atoms with Crippen LogP contribution in [0.3, 0.4) is 0 Å². The van der Waals surface area contributed by atoms with Crippen LogP contribution in [0.4, 0.5) is 9.59 Å². The average Bonchev–Trinajstić information content (AvgIpc) is 2.65. The fourth-order valence-corrected chi connectivity index (χ4v) is 2.73. The number of hydrogen-bond donors (Lipinski definition) is 2. The fraction of sp³-hybridized carbons (Fsp3) is 0.471. The van der Waals surface area contributed by atoms with E-state index in [0.29, 0.717) is 44.4 Å². The summed E-state index contributed by atoms with van der Waals surface area (Å²) in [6.45, 7) is 3.98. The molecule has 0 saturated carbocycles. The molecule has 1 saturated heterocycles. The van der Waals surface area contributed by atoms with Crippen molar-refractivity contribution in [2.45, 2.75) is 13.5 Å². The van der Waals surface area contributed by atoms with Gasteiger partial charge >= 0.3 is 12.1 Å². The molecule has 1 aliphatic heterocycles. The average molecular weight is 383 g/mol. The molecule has 9 heteroatoms. The van der Waals surface area contributed by atoms with Crippen LogP contribution in [0.1, 0.15) is 12.5 Å². The maximum atomic E-state index is 12.2. The zero-order chi connectivity index (χ0) is 18.9. The highest BCUT2D eigenvalue weighted by atomic mass is 35.5. The zero-order valence-electron chi connectivity index (χ0n) is 14.7. The third kappa shape index (κ3) is 6.11. The number of rotatable bonds is 5. The Morgan fingerprint density at radius 3 is 2.46 bits per heavy atom. The maximum absolute atomic E-state index is 12.2. The lowest BCUT2D eigenvalue weighted by molar-refractivity contribution is -0.131. The summed E-state index contributed by atoms with van der Waals surface area (Å²) in [6.07, 6.45) is -0.363. The summed E-state index contributed by atoms with van der Waals surface area (Å²) in [5.74, 6) is -0.189. The van der Waals surface area contributed by atoms with Gasteiger partial charge in [0.05, 0.1) is 13.2 Å². The Kier molecular flexibility index (Phi) is 7.53. The van der Waals surface area contributed by atoms with Gasteiger partial charge in [-0.05, 0) is 24.6 Å². The van der Waals surface area contributed by atoms with Crippen molar-refractivity contribution < 1.29 is 19.1 Å². The van der Waals surface area contributed by atoms with E-state index < -0.39 is 6.03 Å². The summed E-state index contributed by atoms with van der Waals surface area (Å²) < 4.78 is 4.94. The van der Waals surface area contributed by atoms with E-state index in [1.807, 2.05) is 6.07 Å². The molecule has 0 aromatic heterocycles. The first kappa shape index (κ1) is 19.8. The van der Waals surface area contributed by atoms with Crippen LogP contribution in [0, 0.1) is 0 Å². The molecule has 0 atom stereocenters. The van der Waals surface area contributed by atoms with Crippen LogP contribution in [-0.2, 0) is 16.1 Å². The van der Waals surface area contributed by atoms with E-state index in [-0.39, 0.29) is 18.5 Å². The van der Waals surface area contributed by atoms with Crippen LogP contribution in [0.25, 0.3) is 0 Å². The normalized spacial score (nSPS) is 13.9. The molecular weight excluding hydrogens is 360 g/mol. The van der Waals surface area contributed by atoms with Crippen LogP contribution in [-0.4, -0.2) is 67.2 Å². The molecule has 0 unspecified atom stereocenters. The van der Waals surface area contributed by atoms with Gasteiger partial charge in [-0.15, -0.1) is 0 Å². The number of urea groups is 1. The van der Waals surface area contributed by atoms with Gasteiger partial charge in [-0.3, -0.25) is 4.79 Å². The SMILES string of the molecule is CCOC(=O)N1CCN(C(=O)CNC(=O)NCc2cccc(Cl)c2)CC1. The van der Waals surface area contributed by atoms with Crippen LogP contribution < -0.4 is 10.6 Å². The van der Waals surface area contributed by atoms with Gasteiger partial charge in [-0.1, -0.05) is 23.7 Å². The van der Waals surface area contributed by atoms with Crippen molar-refractivity contribution in [3.05, 3.63) is 34.9 Å². The third-order valence-electron chi connectivity index (χ3n) is 3.90. The Hall–Kier alpha value is -2.48. The van der Waals surface area contributed by atoms with Gasteiger partial charge in [-0.25, -0.2) is 9.59 Å². The predicted molar refractivity (Wildman–Crippen MR) is 96.9 cm³/mol. The number of halogens is 1. The van der Waals surface area contributed by atoms with Crippen molar-refractivity contribution in [3.8, 4) is 0 Å². The lowest BCUT2D eigenvalue weighted by atomic mass is 10.2. The minimum Gasteiger partial charge on any atom is -0.450 e. The minimum atomic E-state index is -0.427. The fourth-order valence-electron chi connectivity index (χ4n) is 2.51. The number of carbonyl (C=O) groups is 3. The van der Waals surface area contributed by atoms with Gasteiger partial charge in [0.15, 0.2) is 0 Å². The topological polar surface area (TPSA) is 91.0 Å². The van der Waals surface area contributed by atoms with Crippen LogP contribution in [0.15, 0.2) is 24.3 Å². The van der Waals surface area contributed by atoms with Crippen molar-refractivity contribution in [1.82, 2.24) is 20.4 Å². The van der Waals surface area contributed by atoms with Crippen LogP contribution in [0.5, 0.6) is 0 Å². The molecule has 0 spiro atoms. The summed E-state index contributed by atoms with van der Waals surface area (Å²) >= 11 is 5.89. The highest BCUT2D eigenvalue weighted by molar-refractivity contribution is 6.30. The van der Waals surface area contributed by atoms with Gasteiger partial charge in [0.25, 0.3) is 0 Å². The lowest BCUT2D eigenvalue weighted by Gasteiger charge is -2.34. The number of ether oxygens (including phenoxy) is 1. The second-order valence-electron chi connectivity index (χ2n) is 5.73.